The Balaban J connectivity index is 4.04. The second-order valence-corrected chi connectivity index (χ2v) is 4.34. The summed E-state index contributed by atoms with van der Waals surface area (Å²) < 4.78 is 0. The number of aliphatic carboxylic acids is 2. The molecule has 0 aromatic carbocycles. The van der Waals surface area contributed by atoms with Gasteiger partial charge in [0.2, 0.25) is 0 Å². The van der Waals surface area contributed by atoms with Gasteiger partial charge in [0.25, 0.3) is 0 Å². The highest BCUT2D eigenvalue weighted by atomic mass is 32.2. The summed E-state index contributed by atoms with van der Waals surface area (Å²) in [4.78, 5) is 21.3. The van der Waals surface area contributed by atoms with Crippen molar-refractivity contribution in [3.8, 4) is 0 Å². The fourth-order valence-corrected chi connectivity index (χ4v) is 1.68. The SMILES string of the molecule is CSCCCC(C[C@H](N)C(=O)O)C(=O)O. The monoisotopic (exact) mass is 235 g/mol. The van der Waals surface area contributed by atoms with Crippen LogP contribution in [0.5, 0.6) is 0 Å². The molecular formula is C9H17NO4S. The molecule has 0 fully saturated rings. The first-order chi connectivity index (χ1) is 6.99. The predicted octanol–water partition coefficient (Wildman–Crippen LogP) is 0.632. The van der Waals surface area contributed by atoms with Crippen molar-refractivity contribution >= 4 is 23.7 Å². The lowest BCUT2D eigenvalue weighted by Crippen LogP contribution is -2.34. The first kappa shape index (κ1) is 14.2. The van der Waals surface area contributed by atoms with Gasteiger partial charge >= 0.3 is 11.9 Å². The van der Waals surface area contributed by atoms with Gasteiger partial charge in [-0.2, -0.15) is 11.8 Å². The minimum absolute atomic E-state index is 0.000945. The third-order valence-corrected chi connectivity index (χ3v) is 2.80. The number of hydrogen-bond acceptors (Lipinski definition) is 4. The number of rotatable bonds is 8. The molecule has 0 radical (unpaired) electrons. The van der Waals surface area contributed by atoms with Gasteiger partial charge in [0.05, 0.1) is 5.92 Å². The summed E-state index contributed by atoms with van der Waals surface area (Å²) >= 11 is 1.64. The van der Waals surface area contributed by atoms with Crippen molar-refractivity contribution in [3.05, 3.63) is 0 Å². The minimum atomic E-state index is -1.15. The van der Waals surface area contributed by atoms with Crippen molar-refractivity contribution in [3.63, 3.8) is 0 Å². The van der Waals surface area contributed by atoms with Crippen LogP contribution in [0.1, 0.15) is 19.3 Å². The second kappa shape index (κ2) is 7.53. The Bertz CT molecular complexity index is 222. The van der Waals surface area contributed by atoms with E-state index < -0.39 is 23.9 Å². The van der Waals surface area contributed by atoms with Crippen molar-refractivity contribution in [2.24, 2.45) is 11.7 Å². The molecule has 1 unspecified atom stereocenters. The van der Waals surface area contributed by atoms with Gasteiger partial charge < -0.3 is 15.9 Å². The first-order valence-electron chi connectivity index (χ1n) is 4.69. The highest BCUT2D eigenvalue weighted by Crippen LogP contribution is 2.15. The van der Waals surface area contributed by atoms with Crippen molar-refractivity contribution < 1.29 is 19.8 Å². The van der Waals surface area contributed by atoms with Crippen LogP contribution >= 0.6 is 11.8 Å². The van der Waals surface area contributed by atoms with Gasteiger partial charge in [-0.3, -0.25) is 9.59 Å². The molecule has 0 aliphatic heterocycles. The molecule has 0 bridgehead atoms. The molecule has 0 heterocycles. The third kappa shape index (κ3) is 6.35. The Morgan fingerprint density at radius 3 is 2.33 bits per heavy atom. The molecule has 0 saturated carbocycles. The van der Waals surface area contributed by atoms with Gasteiger partial charge in [0, 0.05) is 0 Å². The molecule has 0 aromatic heterocycles. The van der Waals surface area contributed by atoms with Crippen LogP contribution in [0.25, 0.3) is 0 Å². The molecule has 0 rings (SSSR count). The molecule has 0 aromatic rings. The molecule has 0 spiro atoms. The van der Waals surface area contributed by atoms with Crippen LogP contribution in [0.2, 0.25) is 0 Å². The maximum Gasteiger partial charge on any atom is 0.320 e. The van der Waals surface area contributed by atoms with Crippen LogP contribution in [-0.2, 0) is 9.59 Å². The fraction of sp³-hybridized carbons (Fsp3) is 0.778. The molecule has 4 N–H and O–H groups in total. The summed E-state index contributed by atoms with van der Waals surface area (Å²) in [6, 6.07) is -1.08. The Hall–Kier alpha value is -0.750. The zero-order valence-corrected chi connectivity index (χ0v) is 9.50. The fourth-order valence-electron chi connectivity index (χ4n) is 1.22. The van der Waals surface area contributed by atoms with E-state index in [4.69, 9.17) is 15.9 Å². The first-order valence-corrected chi connectivity index (χ1v) is 6.08. The van der Waals surface area contributed by atoms with Crippen molar-refractivity contribution in [2.45, 2.75) is 25.3 Å². The largest absolute Gasteiger partial charge is 0.481 e. The van der Waals surface area contributed by atoms with E-state index in [1.165, 1.54) is 0 Å². The number of carboxylic acids is 2. The van der Waals surface area contributed by atoms with E-state index in [-0.39, 0.29) is 6.42 Å². The van der Waals surface area contributed by atoms with Gasteiger partial charge in [-0.05, 0) is 31.3 Å². The van der Waals surface area contributed by atoms with Crippen LogP contribution in [0, 0.1) is 5.92 Å². The summed E-state index contributed by atoms with van der Waals surface area (Å²) in [6.07, 6.45) is 3.19. The van der Waals surface area contributed by atoms with Crippen LogP contribution < -0.4 is 5.73 Å². The molecule has 15 heavy (non-hydrogen) atoms. The summed E-state index contributed by atoms with van der Waals surface area (Å²) in [6.45, 7) is 0. The number of thioether (sulfide) groups is 1. The Kier molecular flexibility index (Phi) is 7.15. The topological polar surface area (TPSA) is 101 Å². The maximum atomic E-state index is 10.8. The molecule has 5 nitrogen and oxygen atoms in total. The lowest BCUT2D eigenvalue weighted by atomic mass is 9.96. The van der Waals surface area contributed by atoms with Crippen LogP contribution in [0.3, 0.4) is 0 Å². The molecule has 88 valence electrons. The van der Waals surface area contributed by atoms with Gasteiger partial charge in [-0.15, -0.1) is 0 Å². The quantitative estimate of drug-likeness (QED) is 0.533. The average Bonchev–Trinajstić information content (AvgIpc) is 2.15. The van der Waals surface area contributed by atoms with Crippen LogP contribution in [0.15, 0.2) is 0 Å². The number of hydrogen-bond donors (Lipinski definition) is 3. The smallest absolute Gasteiger partial charge is 0.320 e. The van der Waals surface area contributed by atoms with Crippen LogP contribution in [-0.4, -0.2) is 40.2 Å². The summed E-state index contributed by atoms with van der Waals surface area (Å²) in [7, 11) is 0. The van der Waals surface area contributed by atoms with E-state index >= 15 is 0 Å². The lowest BCUT2D eigenvalue weighted by molar-refractivity contribution is -0.143. The molecular weight excluding hydrogens is 218 g/mol. The highest BCUT2D eigenvalue weighted by molar-refractivity contribution is 7.98. The number of carboxylic acid groups (broad SMARTS) is 2. The van der Waals surface area contributed by atoms with Crippen molar-refractivity contribution in [1.29, 1.82) is 0 Å². The molecule has 0 aliphatic rings. The molecule has 0 amide bonds. The maximum absolute atomic E-state index is 10.8. The summed E-state index contributed by atoms with van der Waals surface area (Å²) in [5.74, 6) is -1.88. The van der Waals surface area contributed by atoms with E-state index in [0.29, 0.717) is 6.42 Å². The summed E-state index contributed by atoms with van der Waals surface area (Å²) in [5, 5.41) is 17.4. The van der Waals surface area contributed by atoms with E-state index in [1.54, 1.807) is 11.8 Å². The van der Waals surface area contributed by atoms with Gasteiger partial charge in [0.1, 0.15) is 6.04 Å². The van der Waals surface area contributed by atoms with E-state index in [2.05, 4.69) is 0 Å². The number of nitrogens with two attached hydrogens (primary N) is 1. The lowest BCUT2D eigenvalue weighted by Gasteiger charge is -2.14. The zero-order valence-electron chi connectivity index (χ0n) is 8.68. The van der Waals surface area contributed by atoms with Crippen molar-refractivity contribution in [1.82, 2.24) is 0 Å². The van der Waals surface area contributed by atoms with Gasteiger partial charge in [-0.25, -0.2) is 0 Å². The normalized spacial score (nSPS) is 14.5. The minimum Gasteiger partial charge on any atom is -0.481 e. The molecule has 6 heteroatoms. The number of carbonyl (C=O) groups is 2. The molecule has 2 atom stereocenters. The van der Waals surface area contributed by atoms with Crippen LogP contribution in [0.4, 0.5) is 0 Å². The Morgan fingerprint density at radius 2 is 1.93 bits per heavy atom. The van der Waals surface area contributed by atoms with Gasteiger partial charge in [-0.1, -0.05) is 0 Å². The molecule has 0 aliphatic carbocycles. The zero-order chi connectivity index (χ0) is 11.8. The summed E-state index contributed by atoms with van der Waals surface area (Å²) in [5.41, 5.74) is 5.29. The highest BCUT2D eigenvalue weighted by Gasteiger charge is 2.23. The standard InChI is InChI=1S/C9H17NO4S/c1-15-4-2-3-6(8(11)12)5-7(10)9(13)14/h6-7H,2-5,10H2,1H3,(H,11,12)(H,13,14)/t6?,7-/m0/s1. The van der Waals surface area contributed by atoms with E-state index in [1.807, 2.05) is 6.26 Å². The third-order valence-electron chi connectivity index (χ3n) is 2.11. The van der Waals surface area contributed by atoms with Crippen molar-refractivity contribution in [2.75, 3.05) is 12.0 Å². The van der Waals surface area contributed by atoms with E-state index in [0.717, 1.165) is 12.2 Å². The Labute approximate surface area is 93.0 Å². The second-order valence-electron chi connectivity index (χ2n) is 3.35. The van der Waals surface area contributed by atoms with Gasteiger partial charge in [0.15, 0.2) is 0 Å². The average molecular weight is 235 g/mol. The molecule has 0 saturated heterocycles. The Morgan fingerprint density at radius 1 is 1.33 bits per heavy atom. The predicted molar refractivity (Wildman–Crippen MR) is 59.0 cm³/mol. The van der Waals surface area contributed by atoms with E-state index in [9.17, 15) is 9.59 Å².